The van der Waals surface area contributed by atoms with Crippen molar-refractivity contribution in [3.05, 3.63) is 12.3 Å². The minimum absolute atomic E-state index is 0.447. The molecule has 5 nitrogen and oxygen atoms in total. The zero-order valence-electron chi connectivity index (χ0n) is 4.94. The zero-order valence-corrected chi connectivity index (χ0v) is 5.84. The van der Waals surface area contributed by atoms with E-state index in [0.717, 1.165) is 0 Å². The smallest absolute Gasteiger partial charge is 0.352 e. The predicted molar refractivity (Wildman–Crippen MR) is 37.2 cm³/mol. The van der Waals surface area contributed by atoms with Crippen molar-refractivity contribution in [2.45, 2.75) is 0 Å². The molecule has 10 heavy (non-hydrogen) atoms. The van der Waals surface area contributed by atoms with Gasteiger partial charge in [-0.2, -0.15) is 0 Å². The quantitative estimate of drug-likeness (QED) is 0.388. The number of urea groups is 1. The Bertz CT molecular complexity index is 191. The van der Waals surface area contributed by atoms with E-state index >= 15 is 0 Å². The van der Waals surface area contributed by atoms with Gasteiger partial charge in [0.1, 0.15) is 5.70 Å². The summed E-state index contributed by atoms with van der Waals surface area (Å²) in [7, 11) is 0. The number of hydrogen-bond donors (Lipinski definition) is 3. The lowest BCUT2D eigenvalue weighted by atomic mass is 10.5. The van der Waals surface area contributed by atoms with E-state index < -0.39 is 17.7 Å². The van der Waals surface area contributed by atoms with Crippen molar-refractivity contribution in [1.29, 1.82) is 0 Å². The van der Waals surface area contributed by atoms with E-state index in [4.69, 9.17) is 5.11 Å². The van der Waals surface area contributed by atoms with Crippen LogP contribution in [0.25, 0.3) is 0 Å². The summed E-state index contributed by atoms with van der Waals surface area (Å²) in [5.74, 6) is -1.34. The van der Waals surface area contributed by atoms with E-state index in [1.807, 2.05) is 0 Å². The van der Waals surface area contributed by atoms with Crippen LogP contribution in [-0.2, 0) is 4.79 Å². The molecule has 0 aliphatic heterocycles. The highest BCUT2D eigenvalue weighted by Crippen LogP contribution is 2.03. The molecule has 0 bridgehead atoms. The maximum absolute atomic E-state index is 10.2. The van der Waals surface area contributed by atoms with Gasteiger partial charge < -0.3 is 10.8 Å². The topological polar surface area (TPSA) is 83.6 Å². The van der Waals surface area contributed by atoms with Crippen molar-refractivity contribution in [2.75, 3.05) is 0 Å². The van der Waals surface area contributed by atoms with Crippen molar-refractivity contribution in [1.82, 2.24) is 4.31 Å². The van der Waals surface area contributed by atoms with E-state index in [0.29, 0.717) is 4.31 Å². The van der Waals surface area contributed by atoms with Gasteiger partial charge in [0.05, 0.1) is 0 Å². The summed E-state index contributed by atoms with van der Waals surface area (Å²) in [6.45, 7) is 3.02. The summed E-state index contributed by atoms with van der Waals surface area (Å²) in [4.78, 5) is 20.2. The second kappa shape index (κ2) is 3.11. The Labute approximate surface area is 62.7 Å². The molecule has 0 radical (unpaired) electrons. The molecular formula is C4H6N2O3S. The molecule has 0 spiro atoms. The van der Waals surface area contributed by atoms with Gasteiger partial charge in [0.2, 0.25) is 0 Å². The van der Waals surface area contributed by atoms with Crippen LogP contribution in [-0.4, -0.2) is 21.4 Å². The van der Waals surface area contributed by atoms with Gasteiger partial charge in [-0.05, 0) is 0 Å². The molecule has 0 saturated heterocycles. The number of nitrogens with zero attached hydrogens (tertiary/aromatic N) is 1. The maximum atomic E-state index is 10.2. The average Bonchev–Trinajstić information content (AvgIpc) is 1.84. The van der Waals surface area contributed by atoms with Crippen molar-refractivity contribution in [3.8, 4) is 0 Å². The molecule has 0 aromatic heterocycles. The van der Waals surface area contributed by atoms with Crippen LogP contribution < -0.4 is 5.73 Å². The van der Waals surface area contributed by atoms with Crippen LogP contribution in [0.2, 0.25) is 0 Å². The van der Waals surface area contributed by atoms with E-state index in [9.17, 15) is 9.59 Å². The van der Waals surface area contributed by atoms with Crippen molar-refractivity contribution < 1.29 is 14.7 Å². The molecule has 0 heterocycles. The lowest BCUT2D eigenvalue weighted by molar-refractivity contribution is -0.133. The van der Waals surface area contributed by atoms with Gasteiger partial charge in [-0.15, -0.1) is 0 Å². The summed E-state index contributed by atoms with van der Waals surface area (Å²) in [5.41, 5.74) is 4.19. The molecule has 0 unspecified atom stereocenters. The van der Waals surface area contributed by atoms with Gasteiger partial charge in [-0.25, -0.2) is 13.9 Å². The number of carbonyl (C=O) groups is 2. The Morgan fingerprint density at radius 1 is 1.60 bits per heavy atom. The van der Waals surface area contributed by atoms with E-state index in [1.54, 1.807) is 0 Å². The number of primary amides is 1. The third-order valence-corrected chi connectivity index (χ3v) is 1.15. The molecule has 3 N–H and O–H groups in total. The van der Waals surface area contributed by atoms with Crippen LogP contribution >= 0.6 is 12.8 Å². The second-order valence-electron chi connectivity index (χ2n) is 1.40. The summed E-state index contributed by atoms with van der Waals surface area (Å²) < 4.78 is 0.447. The highest BCUT2D eigenvalue weighted by Gasteiger charge is 2.14. The minimum Gasteiger partial charge on any atom is -0.477 e. The molecule has 0 aliphatic rings. The van der Waals surface area contributed by atoms with Gasteiger partial charge in [-0.3, -0.25) is 0 Å². The van der Waals surface area contributed by atoms with Crippen molar-refractivity contribution in [2.24, 2.45) is 5.73 Å². The van der Waals surface area contributed by atoms with E-state index in [1.165, 1.54) is 0 Å². The first-order valence-corrected chi connectivity index (χ1v) is 2.57. The molecule has 0 fully saturated rings. The Hall–Kier alpha value is -1.17. The number of carboxylic acids is 1. The summed E-state index contributed by atoms with van der Waals surface area (Å²) in [6.07, 6.45) is 0. The second-order valence-corrected chi connectivity index (χ2v) is 1.80. The molecular weight excluding hydrogens is 156 g/mol. The maximum Gasteiger partial charge on any atom is 0.352 e. The van der Waals surface area contributed by atoms with Gasteiger partial charge in [-0.1, -0.05) is 19.4 Å². The normalized spacial score (nSPS) is 8.50. The standard InChI is InChI=1S/C4H6N2O3S/c1-2(3(7)8)6(10)4(5)9/h10H,1H2,(H2,5,9)(H,7,8). The molecule has 56 valence electrons. The number of carbonyl (C=O) groups excluding carboxylic acids is 1. The zero-order chi connectivity index (χ0) is 8.31. The molecule has 0 aliphatic carbocycles. The lowest BCUT2D eigenvalue weighted by Gasteiger charge is -2.10. The fourth-order valence-electron chi connectivity index (χ4n) is 0.224. The van der Waals surface area contributed by atoms with Gasteiger partial charge >= 0.3 is 12.0 Å². The third-order valence-electron chi connectivity index (χ3n) is 0.711. The number of thiol groups is 1. The summed E-state index contributed by atoms with van der Waals surface area (Å²) >= 11 is 3.44. The molecule has 0 saturated carbocycles. The van der Waals surface area contributed by atoms with Gasteiger partial charge in [0.25, 0.3) is 0 Å². The fraction of sp³-hybridized carbons (Fsp3) is 0. The number of carboxylic acid groups (broad SMARTS) is 1. The van der Waals surface area contributed by atoms with Crippen LogP contribution in [0.5, 0.6) is 0 Å². The Kier molecular flexibility index (Phi) is 2.75. The molecule has 0 rings (SSSR count). The van der Waals surface area contributed by atoms with Crippen LogP contribution in [0, 0.1) is 0 Å². The number of amides is 2. The van der Waals surface area contributed by atoms with Crippen LogP contribution in [0.3, 0.4) is 0 Å². The van der Waals surface area contributed by atoms with Crippen molar-refractivity contribution in [3.63, 3.8) is 0 Å². The highest BCUT2D eigenvalue weighted by molar-refractivity contribution is 7.78. The molecule has 0 aromatic rings. The highest BCUT2D eigenvalue weighted by atomic mass is 32.1. The molecule has 6 heteroatoms. The first-order chi connectivity index (χ1) is 4.46. The largest absolute Gasteiger partial charge is 0.477 e. The minimum atomic E-state index is -1.34. The van der Waals surface area contributed by atoms with Gasteiger partial charge in [0, 0.05) is 0 Å². The fourth-order valence-corrected chi connectivity index (χ4v) is 0.309. The number of aliphatic carboxylic acids is 1. The van der Waals surface area contributed by atoms with Crippen LogP contribution in [0.15, 0.2) is 12.3 Å². The van der Waals surface area contributed by atoms with Crippen LogP contribution in [0.1, 0.15) is 0 Å². The Balaban J connectivity index is 4.22. The number of nitrogens with two attached hydrogens (primary N) is 1. The molecule has 0 atom stereocenters. The molecule has 2 amide bonds. The average molecular weight is 162 g/mol. The Morgan fingerprint density at radius 3 is 2.10 bits per heavy atom. The number of rotatable bonds is 2. The van der Waals surface area contributed by atoms with E-state index in [2.05, 4.69) is 25.1 Å². The first-order valence-electron chi connectivity index (χ1n) is 2.17. The van der Waals surface area contributed by atoms with E-state index in [-0.39, 0.29) is 0 Å². The first kappa shape index (κ1) is 8.83. The lowest BCUT2D eigenvalue weighted by Crippen LogP contribution is -2.29. The van der Waals surface area contributed by atoms with Gasteiger partial charge in [0.15, 0.2) is 0 Å². The van der Waals surface area contributed by atoms with Crippen molar-refractivity contribution >= 4 is 24.8 Å². The summed E-state index contributed by atoms with van der Waals surface area (Å²) in [5, 5.41) is 8.20. The predicted octanol–water partition coefficient (Wildman–Crippen LogP) is -0.190. The SMILES string of the molecule is C=C(C(=O)O)N(S)C(N)=O. The Morgan fingerprint density at radius 2 is 2.00 bits per heavy atom. The monoisotopic (exact) mass is 162 g/mol. The molecule has 0 aromatic carbocycles. The summed E-state index contributed by atoms with van der Waals surface area (Å²) in [6, 6.07) is -0.976. The third kappa shape index (κ3) is 1.98. The van der Waals surface area contributed by atoms with Crippen LogP contribution in [0.4, 0.5) is 4.79 Å². The number of hydrogen-bond acceptors (Lipinski definition) is 3.